The van der Waals surface area contributed by atoms with Crippen molar-refractivity contribution in [2.75, 3.05) is 7.05 Å². The van der Waals surface area contributed by atoms with Crippen molar-refractivity contribution in [3.8, 4) is 0 Å². The Morgan fingerprint density at radius 1 is 1.04 bits per heavy atom. The van der Waals surface area contributed by atoms with E-state index in [4.69, 9.17) is 23.2 Å². The SMILES string of the molecule is CCC(=O)N(Cc1c(Cl)cccc1Cl)C(Cc1ccccc1)C(=O)NC. The molecule has 0 aliphatic rings. The summed E-state index contributed by atoms with van der Waals surface area (Å²) in [6, 6.07) is 14.2. The predicted molar refractivity (Wildman–Crippen MR) is 105 cm³/mol. The molecule has 2 amide bonds. The van der Waals surface area contributed by atoms with E-state index in [1.807, 2.05) is 30.3 Å². The van der Waals surface area contributed by atoms with Gasteiger partial charge in [-0.1, -0.05) is 66.5 Å². The molecule has 0 saturated carbocycles. The Kier molecular flexibility index (Phi) is 7.49. The van der Waals surface area contributed by atoms with Gasteiger partial charge in [0.25, 0.3) is 0 Å². The van der Waals surface area contributed by atoms with Gasteiger partial charge in [-0.2, -0.15) is 0 Å². The normalized spacial score (nSPS) is 11.7. The molecule has 0 aliphatic heterocycles. The summed E-state index contributed by atoms with van der Waals surface area (Å²) < 4.78 is 0. The standard InChI is InChI=1S/C20H22Cl2N2O2/c1-3-19(25)24(13-15-16(21)10-7-11-17(15)22)18(20(26)23-2)12-14-8-5-4-6-9-14/h4-11,18H,3,12-13H2,1-2H3,(H,23,26). The van der Waals surface area contributed by atoms with Gasteiger partial charge in [0, 0.05) is 42.0 Å². The van der Waals surface area contributed by atoms with Crippen molar-refractivity contribution in [1.29, 1.82) is 0 Å². The maximum atomic E-state index is 12.7. The molecule has 0 aromatic heterocycles. The first-order valence-electron chi connectivity index (χ1n) is 8.45. The fourth-order valence-electron chi connectivity index (χ4n) is 2.78. The van der Waals surface area contributed by atoms with Gasteiger partial charge in [0.2, 0.25) is 11.8 Å². The molecule has 26 heavy (non-hydrogen) atoms. The van der Waals surface area contributed by atoms with Crippen molar-refractivity contribution in [2.24, 2.45) is 0 Å². The van der Waals surface area contributed by atoms with Crippen molar-refractivity contribution in [3.05, 3.63) is 69.7 Å². The summed E-state index contributed by atoms with van der Waals surface area (Å²) in [6.45, 7) is 1.95. The fraction of sp³-hybridized carbons (Fsp3) is 0.300. The topological polar surface area (TPSA) is 49.4 Å². The second-order valence-corrected chi connectivity index (χ2v) is 6.71. The van der Waals surface area contributed by atoms with Crippen LogP contribution in [0.25, 0.3) is 0 Å². The molecule has 2 aromatic rings. The third-order valence-corrected chi connectivity index (χ3v) is 4.92. The van der Waals surface area contributed by atoms with Crippen LogP contribution in [0, 0.1) is 0 Å². The molecule has 0 fully saturated rings. The van der Waals surface area contributed by atoms with Gasteiger partial charge in [-0.15, -0.1) is 0 Å². The molecule has 0 bridgehead atoms. The molecular weight excluding hydrogens is 371 g/mol. The van der Waals surface area contributed by atoms with Crippen LogP contribution in [0.1, 0.15) is 24.5 Å². The van der Waals surface area contributed by atoms with Crippen LogP contribution < -0.4 is 5.32 Å². The first kappa shape index (κ1) is 20.3. The monoisotopic (exact) mass is 392 g/mol. The second-order valence-electron chi connectivity index (χ2n) is 5.90. The maximum Gasteiger partial charge on any atom is 0.242 e. The van der Waals surface area contributed by atoms with E-state index in [0.29, 0.717) is 22.0 Å². The van der Waals surface area contributed by atoms with Crippen LogP contribution in [0.3, 0.4) is 0 Å². The summed E-state index contributed by atoms with van der Waals surface area (Å²) in [5, 5.41) is 3.61. The third-order valence-electron chi connectivity index (χ3n) is 4.21. The first-order chi connectivity index (χ1) is 12.5. The van der Waals surface area contributed by atoms with E-state index in [-0.39, 0.29) is 24.8 Å². The number of hydrogen-bond donors (Lipinski definition) is 1. The highest BCUT2D eigenvalue weighted by Gasteiger charge is 2.29. The van der Waals surface area contributed by atoms with Crippen molar-refractivity contribution in [3.63, 3.8) is 0 Å². The molecule has 0 aliphatic carbocycles. The van der Waals surface area contributed by atoms with Crippen molar-refractivity contribution < 1.29 is 9.59 Å². The number of rotatable bonds is 7. The molecule has 4 nitrogen and oxygen atoms in total. The second kappa shape index (κ2) is 9.60. The summed E-state index contributed by atoms with van der Waals surface area (Å²) in [5.74, 6) is -0.357. The highest BCUT2D eigenvalue weighted by molar-refractivity contribution is 6.36. The lowest BCUT2D eigenvalue weighted by Gasteiger charge is -2.31. The number of nitrogens with one attached hydrogen (secondary N) is 1. The van der Waals surface area contributed by atoms with Gasteiger partial charge in [0.1, 0.15) is 6.04 Å². The predicted octanol–water partition coefficient (Wildman–Crippen LogP) is 4.09. The summed E-state index contributed by atoms with van der Waals surface area (Å²) in [7, 11) is 1.57. The lowest BCUT2D eigenvalue weighted by Crippen LogP contribution is -2.49. The van der Waals surface area contributed by atoms with Gasteiger partial charge in [0.15, 0.2) is 0 Å². The van der Waals surface area contributed by atoms with Gasteiger partial charge in [-0.25, -0.2) is 0 Å². The molecule has 2 aromatic carbocycles. The van der Waals surface area contributed by atoms with Crippen molar-refractivity contribution in [2.45, 2.75) is 32.4 Å². The largest absolute Gasteiger partial charge is 0.357 e. The fourth-order valence-corrected chi connectivity index (χ4v) is 3.29. The molecule has 1 atom stereocenters. The summed E-state index contributed by atoms with van der Waals surface area (Å²) in [4.78, 5) is 26.8. The molecule has 1 N–H and O–H groups in total. The zero-order valence-corrected chi connectivity index (χ0v) is 16.3. The number of likely N-dealkylation sites (N-methyl/N-ethyl adjacent to an activating group) is 1. The number of hydrogen-bond acceptors (Lipinski definition) is 2. The average molecular weight is 393 g/mol. The number of nitrogens with zero attached hydrogens (tertiary/aromatic N) is 1. The van der Waals surface area contributed by atoms with Crippen LogP contribution in [0.2, 0.25) is 10.0 Å². The Morgan fingerprint density at radius 3 is 2.19 bits per heavy atom. The van der Waals surface area contributed by atoms with E-state index in [1.54, 1.807) is 37.1 Å². The number of amides is 2. The van der Waals surface area contributed by atoms with Crippen LogP contribution in [-0.2, 0) is 22.6 Å². The number of carbonyl (C=O) groups excluding carboxylic acids is 2. The minimum Gasteiger partial charge on any atom is -0.357 e. The molecule has 138 valence electrons. The molecule has 0 spiro atoms. The van der Waals surface area contributed by atoms with Crippen LogP contribution in [0.5, 0.6) is 0 Å². The first-order valence-corrected chi connectivity index (χ1v) is 9.21. The lowest BCUT2D eigenvalue weighted by molar-refractivity contribution is -0.140. The average Bonchev–Trinajstić information content (AvgIpc) is 2.66. The molecular formula is C20H22Cl2N2O2. The van der Waals surface area contributed by atoms with E-state index in [0.717, 1.165) is 5.56 Å². The van der Waals surface area contributed by atoms with E-state index in [2.05, 4.69) is 5.32 Å². The summed E-state index contributed by atoms with van der Waals surface area (Å²) in [5.41, 5.74) is 1.61. The third kappa shape index (κ3) is 4.99. The summed E-state index contributed by atoms with van der Waals surface area (Å²) >= 11 is 12.6. The zero-order chi connectivity index (χ0) is 19.1. The Balaban J connectivity index is 2.39. The molecule has 0 radical (unpaired) electrons. The molecule has 0 saturated heterocycles. The number of halogens is 2. The Bertz CT molecular complexity index is 745. The highest BCUT2D eigenvalue weighted by Crippen LogP contribution is 2.27. The summed E-state index contributed by atoms with van der Waals surface area (Å²) in [6.07, 6.45) is 0.693. The zero-order valence-electron chi connectivity index (χ0n) is 14.8. The minimum atomic E-state index is -0.651. The van der Waals surface area contributed by atoms with E-state index >= 15 is 0 Å². The minimum absolute atomic E-state index is 0.134. The lowest BCUT2D eigenvalue weighted by atomic mass is 10.0. The Hall–Kier alpha value is -2.04. The van der Waals surface area contributed by atoms with E-state index in [1.165, 1.54) is 0 Å². The molecule has 1 unspecified atom stereocenters. The molecule has 0 heterocycles. The van der Waals surface area contributed by atoms with Gasteiger partial charge >= 0.3 is 0 Å². The van der Waals surface area contributed by atoms with Crippen LogP contribution >= 0.6 is 23.2 Å². The van der Waals surface area contributed by atoms with Gasteiger partial charge < -0.3 is 10.2 Å². The van der Waals surface area contributed by atoms with Crippen LogP contribution in [0.4, 0.5) is 0 Å². The van der Waals surface area contributed by atoms with E-state index < -0.39 is 6.04 Å². The van der Waals surface area contributed by atoms with Crippen LogP contribution in [-0.4, -0.2) is 29.8 Å². The van der Waals surface area contributed by atoms with Crippen molar-refractivity contribution in [1.82, 2.24) is 10.2 Å². The van der Waals surface area contributed by atoms with E-state index in [9.17, 15) is 9.59 Å². The Morgan fingerprint density at radius 2 is 1.65 bits per heavy atom. The Labute approximate surface area is 164 Å². The number of carbonyl (C=O) groups is 2. The van der Waals surface area contributed by atoms with Gasteiger partial charge in [0.05, 0.1) is 0 Å². The maximum absolute atomic E-state index is 12.7. The van der Waals surface area contributed by atoms with Crippen molar-refractivity contribution >= 4 is 35.0 Å². The molecule has 6 heteroatoms. The van der Waals surface area contributed by atoms with Gasteiger partial charge in [-0.05, 0) is 17.7 Å². The number of benzene rings is 2. The van der Waals surface area contributed by atoms with Gasteiger partial charge in [-0.3, -0.25) is 9.59 Å². The highest BCUT2D eigenvalue weighted by atomic mass is 35.5. The van der Waals surface area contributed by atoms with Crippen LogP contribution in [0.15, 0.2) is 48.5 Å². The quantitative estimate of drug-likeness (QED) is 0.771. The molecule has 2 rings (SSSR count). The smallest absolute Gasteiger partial charge is 0.242 e.